The fourth-order valence-electron chi connectivity index (χ4n) is 3.04. The molecule has 4 rings (SSSR count). The molecule has 0 spiro atoms. The van der Waals surface area contributed by atoms with Crippen LogP contribution in [-0.4, -0.2) is 33.4 Å². The Kier molecular flexibility index (Phi) is 4.72. The molecule has 0 aliphatic carbocycles. The van der Waals surface area contributed by atoms with Crippen LogP contribution in [-0.2, 0) is 9.59 Å². The zero-order valence-electron chi connectivity index (χ0n) is 14.2. The van der Waals surface area contributed by atoms with Crippen LogP contribution in [0.2, 0.25) is 0 Å². The van der Waals surface area contributed by atoms with Crippen LogP contribution in [0.25, 0.3) is 5.69 Å². The van der Waals surface area contributed by atoms with Gasteiger partial charge in [-0.2, -0.15) is 5.10 Å². The summed E-state index contributed by atoms with van der Waals surface area (Å²) in [5.41, 5.74) is 1.57. The van der Waals surface area contributed by atoms with E-state index in [1.807, 2.05) is 54.6 Å². The molecule has 0 radical (unpaired) electrons. The van der Waals surface area contributed by atoms with Gasteiger partial charge in [0.25, 0.3) is 0 Å². The molecule has 136 valence electrons. The number of nitrogens with zero attached hydrogens (tertiary/aromatic N) is 4. The number of rotatable bonds is 4. The van der Waals surface area contributed by atoms with Gasteiger partial charge in [-0.05, 0) is 36.8 Å². The van der Waals surface area contributed by atoms with Crippen LogP contribution in [0.1, 0.15) is 6.42 Å². The molecule has 7 nitrogen and oxygen atoms in total. The lowest BCUT2D eigenvalue weighted by Gasteiger charge is -2.16. The summed E-state index contributed by atoms with van der Waals surface area (Å²) in [6.45, 7) is 0.504. The number of halogens is 1. The fraction of sp³-hybridized carbons (Fsp3) is 0.158. The summed E-state index contributed by atoms with van der Waals surface area (Å²) in [5, 5.41) is 11.1. The van der Waals surface area contributed by atoms with E-state index in [1.54, 1.807) is 4.90 Å². The third-order valence-electron chi connectivity index (χ3n) is 4.37. The molecular weight excluding hydrogens is 410 g/mol. The average molecular weight is 426 g/mol. The molecule has 1 fully saturated rings. The SMILES string of the molecule is O=C(Nc1cnn(-c2ccccc2)n1)[C@@H]1CCN(c2cccc(Br)c2)C1=O. The summed E-state index contributed by atoms with van der Waals surface area (Å²) in [7, 11) is 0. The van der Waals surface area contributed by atoms with E-state index in [4.69, 9.17) is 0 Å². The van der Waals surface area contributed by atoms with E-state index in [9.17, 15) is 9.59 Å². The van der Waals surface area contributed by atoms with E-state index in [2.05, 4.69) is 31.4 Å². The first kappa shape index (κ1) is 17.4. The lowest BCUT2D eigenvalue weighted by molar-refractivity contribution is -0.129. The van der Waals surface area contributed by atoms with E-state index in [1.165, 1.54) is 11.0 Å². The first-order chi connectivity index (χ1) is 13.1. The van der Waals surface area contributed by atoms with Gasteiger partial charge in [0, 0.05) is 16.7 Å². The zero-order chi connectivity index (χ0) is 18.8. The number of hydrogen-bond donors (Lipinski definition) is 1. The highest BCUT2D eigenvalue weighted by molar-refractivity contribution is 9.10. The molecular formula is C19H16BrN5O2. The predicted molar refractivity (Wildman–Crippen MR) is 105 cm³/mol. The standard InChI is InChI=1S/C19H16BrN5O2/c20-13-5-4-8-15(11-13)24-10-9-16(19(24)27)18(26)22-17-12-21-25(23-17)14-6-2-1-3-7-14/h1-8,11-12,16H,9-10H2,(H,22,23,26)/t16-/m0/s1. The van der Waals surface area contributed by atoms with Gasteiger partial charge in [-0.15, -0.1) is 9.90 Å². The largest absolute Gasteiger partial charge is 0.312 e. The first-order valence-corrected chi connectivity index (χ1v) is 9.27. The van der Waals surface area contributed by atoms with E-state index in [0.29, 0.717) is 18.8 Å². The van der Waals surface area contributed by atoms with Crippen molar-refractivity contribution in [1.29, 1.82) is 0 Å². The highest BCUT2D eigenvalue weighted by Gasteiger charge is 2.37. The van der Waals surface area contributed by atoms with Gasteiger partial charge >= 0.3 is 0 Å². The Balaban J connectivity index is 1.45. The molecule has 2 aromatic carbocycles. The van der Waals surface area contributed by atoms with Gasteiger partial charge in [-0.25, -0.2) is 0 Å². The van der Waals surface area contributed by atoms with Crippen LogP contribution in [0, 0.1) is 5.92 Å². The Hall–Kier alpha value is -3.00. The fourth-order valence-corrected chi connectivity index (χ4v) is 3.43. The van der Waals surface area contributed by atoms with E-state index >= 15 is 0 Å². The second-order valence-corrected chi connectivity index (χ2v) is 7.07. The van der Waals surface area contributed by atoms with Gasteiger partial charge < -0.3 is 10.2 Å². The Bertz CT molecular complexity index is 989. The molecule has 27 heavy (non-hydrogen) atoms. The Morgan fingerprint density at radius 2 is 1.89 bits per heavy atom. The van der Waals surface area contributed by atoms with E-state index in [-0.39, 0.29) is 11.8 Å². The Morgan fingerprint density at radius 1 is 1.11 bits per heavy atom. The lowest BCUT2D eigenvalue weighted by atomic mass is 10.1. The highest BCUT2D eigenvalue weighted by Crippen LogP contribution is 2.28. The molecule has 1 N–H and O–H groups in total. The smallest absolute Gasteiger partial charge is 0.239 e. The summed E-state index contributed by atoms with van der Waals surface area (Å²) in [6, 6.07) is 16.9. The number of amides is 2. The quantitative estimate of drug-likeness (QED) is 0.651. The van der Waals surface area contributed by atoms with Gasteiger partial charge in [0.2, 0.25) is 11.8 Å². The zero-order valence-corrected chi connectivity index (χ0v) is 15.8. The number of carbonyl (C=O) groups is 2. The third kappa shape index (κ3) is 3.61. The molecule has 1 aliphatic heterocycles. The molecule has 2 amide bonds. The third-order valence-corrected chi connectivity index (χ3v) is 4.87. The van der Waals surface area contributed by atoms with Gasteiger partial charge in [-0.3, -0.25) is 9.59 Å². The van der Waals surface area contributed by atoms with Crippen molar-refractivity contribution in [3.8, 4) is 5.69 Å². The minimum atomic E-state index is -0.731. The summed E-state index contributed by atoms with van der Waals surface area (Å²) in [4.78, 5) is 28.3. The highest BCUT2D eigenvalue weighted by atomic mass is 79.9. The van der Waals surface area contributed by atoms with Crippen molar-refractivity contribution < 1.29 is 9.59 Å². The van der Waals surface area contributed by atoms with E-state index < -0.39 is 5.92 Å². The van der Waals surface area contributed by atoms with Crippen molar-refractivity contribution in [1.82, 2.24) is 15.0 Å². The first-order valence-electron chi connectivity index (χ1n) is 8.47. The number of anilines is 2. The summed E-state index contributed by atoms with van der Waals surface area (Å²) in [6.07, 6.45) is 1.93. The van der Waals surface area contributed by atoms with Gasteiger partial charge in [0.15, 0.2) is 5.82 Å². The van der Waals surface area contributed by atoms with Crippen molar-refractivity contribution in [2.75, 3.05) is 16.8 Å². The van der Waals surface area contributed by atoms with Crippen molar-refractivity contribution in [3.63, 3.8) is 0 Å². The number of para-hydroxylation sites is 1. The van der Waals surface area contributed by atoms with Crippen LogP contribution < -0.4 is 10.2 Å². The number of hydrogen-bond acceptors (Lipinski definition) is 4. The van der Waals surface area contributed by atoms with Crippen molar-refractivity contribution in [2.24, 2.45) is 5.92 Å². The summed E-state index contributed by atoms with van der Waals surface area (Å²) in [5.74, 6) is -0.984. The normalized spacial score (nSPS) is 16.6. The molecule has 1 aliphatic rings. The van der Waals surface area contributed by atoms with E-state index in [0.717, 1.165) is 15.8 Å². The van der Waals surface area contributed by atoms with Crippen LogP contribution in [0.5, 0.6) is 0 Å². The monoisotopic (exact) mass is 425 g/mol. The molecule has 2 heterocycles. The molecule has 8 heteroatoms. The lowest BCUT2D eigenvalue weighted by Crippen LogP contribution is -2.33. The van der Waals surface area contributed by atoms with Crippen LogP contribution in [0.3, 0.4) is 0 Å². The predicted octanol–water partition coefficient (Wildman–Crippen LogP) is 3.02. The maximum atomic E-state index is 12.7. The van der Waals surface area contributed by atoms with Crippen LogP contribution in [0.4, 0.5) is 11.5 Å². The van der Waals surface area contributed by atoms with Crippen LogP contribution in [0.15, 0.2) is 65.3 Å². The van der Waals surface area contributed by atoms with Gasteiger partial charge in [0.1, 0.15) is 5.92 Å². The topological polar surface area (TPSA) is 80.1 Å². The summed E-state index contributed by atoms with van der Waals surface area (Å²) < 4.78 is 0.887. The number of carbonyl (C=O) groups excluding carboxylic acids is 2. The second-order valence-electron chi connectivity index (χ2n) is 6.16. The maximum absolute atomic E-state index is 12.7. The number of benzene rings is 2. The van der Waals surface area contributed by atoms with Crippen molar-refractivity contribution >= 4 is 39.2 Å². The number of nitrogens with one attached hydrogen (secondary N) is 1. The van der Waals surface area contributed by atoms with Crippen molar-refractivity contribution in [2.45, 2.75) is 6.42 Å². The van der Waals surface area contributed by atoms with Crippen molar-refractivity contribution in [3.05, 3.63) is 65.3 Å². The van der Waals surface area contributed by atoms with Gasteiger partial charge in [0.05, 0.1) is 11.9 Å². The molecule has 1 atom stereocenters. The molecule has 0 bridgehead atoms. The number of aromatic nitrogens is 3. The molecule has 3 aromatic rings. The average Bonchev–Trinajstić information content (AvgIpc) is 3.29. The Morgan fingerprint density at radius 3 is 2.67 bits per heavy atom. The minimum Gasteiger partial charge on any atom is -0.312 e. The van der Waals surface area contributed by atoms with Crippen LogP contribution >= 0.6 is 15.9 Å². The molecule has 1 saturated heterocycles. The Labute approximate surface area is 164 Å². The molecule has 0 unspecified atom stereocenters. The van der Waals surface area contributed by atoms with Gasteiger partial charge in [-0.1, -0.05) is 40.2 Å². The molecule has 1 aromatic heterocycles. The maximum Gasteiger partial charge on any atom is 0.239 e. The molecule has 0 saturated carbocycles. The second kappa shape index (κ2) is 7.32. The summed E-state index contributed by atoms with van der Waals surface area (Å²) >= 11 is 3.40. The minimum absolute atomic E-state index is 0.207.